The van der Waals surface area contributed by atoms with Crippen LogP contribution in [0.5, 0.6) is 0 Å². The van der Waals surface area contributed by atoms with Crippen LogP contribution in [0.3, 0.4) is 0 Å². The number of rotatable bonds is 7. The third kappa shape index (κ3) is 5.67. The van der Waals surface area contributed by atoms with Crippen molar-refractivity contribution < 1.29 is 14.7 Å². The maximum absolute atomic E-state index is 11.2. The molecule has 0 atom stereocenters. The van der Waals surface area contributed by atoms with Gasteiger partial charge in [-0.1, -0.05) is 11.8 Å². The fourth-order valence-electron chi connectivity index (χ4n) is 3.21. The highest BCUT2D eigenvalue weighted by Crippen LogP contribution is 2.33. The van der Waals surface area contributed by atoms with Crippen LogP contribution >= 0.6 is 11.8 Å². The Morgan fingerprint density at radius 3 is 2.41 bits per heavy atom. The largest absolute Gasteiger partial charge is 0.378 e. The van der Waals surface area contributed by atoms with Gasteiger partial charge in [-0.05, 0) is 48.5 Å². The second-order valence-electron chi connectivity index (χ2n) is 7.10. The van der Waals surface area contributed by atoms with Gasteiger partial charge in [-0.25, -0.2) is 9.97 Å². The lowest BCUT2D eigenvalue weighted by Gasteiger charge is -2.28. The highest BCUT2D eigenvalue weighted by Gasteiger charge is 2.12. The van der Waals surface area contributed by atoms with E-state index in [1.54, 1.807) is 0 Å². The number of aromatic nitrogens is 2. The molecule has 4 N–H and O–H groups in total. The first kappa shape index (κ1) is 21.9. The van der Waals surface area contributed by atoms with Crippen LogP contribution < -0.4 is 21.0 Å². The average Bonchev–Trinajstić information content (AvgIpc) is 2.81. The summed E-state index contributed by atoms with van der Waals surface area (Å²) in [5.74, 6) is 0.294. The lowest BCUT2D eigenvalue weighted by atomic mass is 10.2. The van der Waals surface area contributed by atoms with Gasteiger partial charge >= 0.3 is 0 Å². The second-order valence-corrected chi connectivity index (χ2v) is 8.17. The van der Waals surface area contributed by atoms with E-state index in [2.05, 4.69) is 43.1 Å². The quantitative estimate of drug-likeness (QED) is 0.312. The predicted octanol–water partition coefficient (Wildman–Crippen LogP) is 3.97. The first-order valence-corrected chi connectivity index (χ1v) is 10.9. The Balaban J connectivity index is 1.46. The Morgan fingerprint density at radius 2 is 1.75 bits per heavy atom. The lowest BCUT2D eigenvalue weighted by Crippen LogP contribution is -2.36. The number of hydrogen-bond donors (Lipinski definition) is 4. The molecule has 1 aromatic heterocycles. The van der Waals surface area contributed by atoms with Crippen LogP contribution in [0.4, 0.5) is 28.7 Å². The van der Waals surface area contributed by atoms with Crippen LogP contribution in [0.15, 0.2) is 64.6 Å². The van der Waals surface area contributed by atoms with Crippen LogP contribution in [0, 0.1) is 0 Å². The minimum Gasteiger partial charge on any atom is -0.378 e. The molecule has 0 spiro atoms. The standard InChI is InChI=1S/C22H24N6O3S/c1-15(29)24-16-4-8-19(9-5-16)32-21-20(27-30)14-23-22(26-21)25-17-2-6-18(7-3-17)28-10-12-31-13-11-28/h2-9,14,27,30H,10-13H2,1H3,(H,24,29)(H,23,25,26). The molecule has 166 valence electrons. The van der Waals surface area contributed by atoms with Gasteiger partial charge in [0.15, 0.2) is 0 Å². The lowest BCUT2D eigenvalue weighted by molar-refractivity contribution is -0.114. The van der Waals surface area contributed by atoms with Gasteiger partial charge in [0.2, 0.25) is 11.9 Å². The Labute approximate surface area is 190 Å². The topological polar surface area (TPSA) is 112 Å². The molecular weight excluding hydrogens is 428 g/mol. The summed E-state index contributed by atoms with van der Waals surface area (Å²) in [6, 6.07) is 15.5. The molecule has 1 fully saturated rings. The zero-order valence-electron chi connectivity index (χ0n) is 17.5. The van der Waals surface area contributed by atoms with Crippen molar-refractivity contribution in [3.05, 3.63) is 54.7 Å². The average molecular weight is 453 g/mol. The summed E-state index contributed by atoms with van der Waals surface area (Å²) < 4.78 is 5.41. The van der Waals surface area contributed by atoms with E-state index in [0.29, 0.717) is 22.3 Å². The molecule has 0 bridgehead atoms. The van der Waals surface area contributed by atoms with Crippen molar-refractivity contribution in [1.82, 2.24) is 9.97 Å². The number of benzene rings is 2. The Hall–Kier alpha value is -3.34. The SMILES string of the molecule is CC(=O)Nc1ccc(Sc2nc(Nc3ccc(N4CCOCC4)cc3)ncc2NO)cc1. The summed E-state index contributed by atoms with van der Waals surface area (Å²) in [5, 5.41) is 15.9. The van der Waals surface area contributed by atoms with Gasteiger partial charge in [0.25, 0.3) is 0 Å². The second kappa shape index (κ2) is 10.3. The number of nitrogens with zero attached hydrogens (tertiary/aromatic N) is 3. The summed E-state index contributed by atoms with van der Waals surface area (Å²) in [5.41, 5.74) is 5.27. The van der Waals surface area contributed by atoms with E-state index in [9.17, 15) is 10.0 Å². The van der Waals surface area contributed by atoms with Crippen LogP contribution in [0.1, 0.15) is 6.92 Å². The molecule has 0 unspecified atom stereocenters. The number of hydrogen-bond acceptors (Lipinski definition) is 9. The number of ether oxygens (including phenoxy) is 1. The Morgan fingerprint density at radius 1 is 1.06 bits per heavy atom. The smallest absolute Gasteiger partial charge is 0.228 e. The summed E-state index contributed by atoms with van der Waals surface area (Å²) >= 11 is 1.37. The number of anilines is 5. The van der Waals surface area contributed by atoms with Crippen molar-refractivity contribution in [3.63, 3.8) is 0 Å². The first-order valence-electron chi connectivity index (χ1n) is 10.1. The van der Waals surface area contributed by atoms with Gasteiger partial charge in [0.1, 0.15) is 10.7 Å². The third-order valence-corrected chi connectivity index (χ3v) is 5.78. The maximum atomic E-state index is 11.2. The third-order valence-electron chi connectivity index (χ3n) is 4.76. The molecule has 4 rings (SSSR count). The van der Waals surface area contributed by atoms with Crippen LogP contribution in [-0.2, 0) is 9.53 Å². The molecule has 1 aliphatic heterocycles. The van der Waals surface area contributed by atoms with E-state index in [-0.39, 0.29) is 5.91 Å². The summed E-state index contributed by atoms with van der Waals surface area (Å²) in [7, 11) is 0. The molecule has 0 aliphatic carbocycles. The molecule has 0 radical (unpaired) electrons. The van der Waals surface area contributed by atoms with Gasteiger partial charge in [-0.2, -0.15) is 0 Å². The molecule has 0 saturated carbocycles. The van der Waals surface area contributed by atoms with Crippen molar-refractivity contribution in [3.8, 4) is 0 Å². The van der Waals surface area contributed by atoms with Crippen LogP contribution in [0.25, 0.3) is 0 Å². The summed E-state index contributed by atoms with van der Waals surface area (Å²) in [6.45, 7) is 4.73. The highest BCUT2D eigenvalue weighted by atomic mass is 32.2. The number of nitrogens with one attached hydrogen (secondary N) is 3. The van der Waals surface area contributed by atoms with Crippen molar-refractivity contribution in [2.75, 3.05) is 47.3 Å². The number of amides is 1. The molecule has 1 saturated heterocycles. The normalized spacial score (nSPS) is 13.5. The van der Waals surface area contributed by atoms with Crippen LogP contribution in [0.2, 0.25) is 0 Å². The molecule has 2 aromatic carbocycles. The van der Waals surface area contributed by atoms with E-state index in [1.807, 2.05) is 36.4 Å². The van der Waals surface area contributed by atoms with E-state index in [0.717, 1.165) is 42.6 Å². The zero-order valence-corrected chi connectivity index (χ0v) is 18.4. The van der Waals surface area contributed by atoms with Gasteiger partial charge in [0.05, 0.1) is 19.4 Å². The number of carbonyl (C=O) groups excluding carboxylic acids is 1. The minimum atomic E-state index is -0.123. The van der Waals surface area contributed by atoms with Crippen molar-refractivity contribution in [1.29, 1.82) is 0 Å². The summed E-state index contributed by atoms with van der Waals surface area (Å²) in [4.78, 5) is 23.2. The molecule has 1 aliphatic rings. The molecule has 3 aromatic rings. The van der Waals surface area contributed by atoms with Crippen molar-refractivity contribution in [2.45, 2.75) is 16.8 Å². The predicted molar refractivity (Wildman–Crippen MR) is 125 cm³/mol. The van der Waals surface area contributed by atoms with Crippen LogP contribution in [-0.4, -0.2) is 47.4 Å². The molecule has 10 heteroatoms. The fourth-order valence-corrected chi connectivity index (χ4v) is 4.04. The van der Waals surface area contributed by atoms with Gasteiger partial charge in [0, 0.05) is 42.0 Å². The van der Waals surface area contributed by atoms with E-state index >= 15 is 0 Å². The Kier molecular flexibility index (Phi) is 7.05. The van der Waals surface area contributed by atoms with E-state index in [1.165, 1.54) is 24.9 Å². The molecule has 9 nitrogen and oxygen atoms in total. The maximum Gasteiger partial charge on any atom is 0.228 e. The monoisotopic (exact) mass is 452 g/mol. The van der Waals surface area contributed by atoms with Gasteiger partial charge in [-0.15, -0.1) is 0 Å². The Bertz CT molecular complexity index is 1060. The number of carbonyl (C=O) groups is 1. The first-order chi connectivity index (χ1) is 15.6. The van der Waals surface area contributed by atoms with E-state index < -0.39 is 0 Å². The van der Waals surface area contributed by atoms with Crippen molar-refractivity contribution in [2.24, 2.45) is 0 Å². The van der Waals surface area contributed by atoms with Gasteiger partial charge < -0.3 is 20.3 Å². The summed E-state index contributed by atoms with van der Waals surface area (Å²) in [6.07, 6.45) is 1.52. The highest BCUT2D eigenvalue weighted by molar-refractivity contribution is 7.99. The minimum absolute atomic E-state index is 0.123. The molecular formula is C22H24N6O3S. The van der Waals surface area contributed by atoms with Gasteiger partial charge in [-0.3, -0.25) is 15.5 Å². The zero-order chi connectivity index (χ0) is 22.3. The van der Waals surface area contributed by atoms with Crippen molar-refractivity contribution >= 4 is 46.4 Å². The molecule has 2 heterocycles. The van der Waals surface area contributed by atoms with E-state index in [4.69, 9.17) is 4.74 Å². The molecule has 1 amide bonds. The molecule has 32 heavy (non-hydrogen) atoms. The fraction of sp³-hybridized carbons (Fsp3) is 0.227. The number of morpholine rings is 1.